The molecule has 4 heteroatoms. The zero-order valence-electron chi connectivity index (χ0n) is 12.4. The van der Waals surface area contributed by atoms with Gasteiger partial charge in [0.05, 0.1) is 0 Å². The molecule has 1 aliphatic rings. The summed E-state index contributed by atoms with van der Waals surface area (Å²) in [5, 5.41) is 0.603. The number of nitrogens with zero attached hydrogens (tertiary/aromatic N) is 3. The molecule has 1 saturated heterocycles. The number of aromatic nitrogens is 2. The zero-order chi connectivity index (χ0) is 14.0. The van der Waals surface area contributed by atoms with Gasteiger partial charge in [0.1, 0.15) is 17.3 Å². The van der Waals surface area contributed by atoms with Crippen molar-refractivity contribution in [3.8, 4) is 0 Å². The number of anilines is 1. The Bertz CT molecular complexity index is 423. The predicted molar refractivity (Wildman–Crippen MR) is 80.9 cm³/mol. The SMILES string of the molecule is CC(C)c1c(Cl)ncnc1N1CCC(C(C)C)CC1. The number of hydrogen-bond acceptors (Lipinski definition) is 3. The highest BCUT2D eigenvalue weighted by molar-refractivity contribution is 6.30. The van der Waals surface area contributed by atoms with Crippen molar-refractivity contribution in [3.05, 3.63) is 17.0 Å². The Morgan fingerprint density at radius 3 is 2.32 bits per heavy atom. The molecule has 0 radical (unpaired) electrons. The average molecular weight is 282 g/mol. The quantitative estimate of drug-likeness (QED) is 0.780. The van der Waals surface area contributed by atoms with Gasteiger partial charge in [-0.2, -0.15) is 0 Å². The lowest BCUT2D eigenvalue weighted by molar-refractivity contribution is 0.310. The molecule has 2 heterocycles. The molecule has 0 N–H and O–H groups in total. The van der Waals surface area contributed by atoms with Crippen molar-refractivity contribution in [1.82, 2.24) is 9.97 Å². The molecular weight excluding hydrogens is 258 g/mol. The molecule has 0 aliphatic carbocycles. The molecule has 0 saturated carbocycles. The van der Waals surface area contributed by atoms with Gasteiger partial charge in [0.25, 0.3) is 0 Å². The van der Waals surface area contributed by atoms with Crippen LogP contribution in [0.3, 0.4) is 0 Å². The lowest BCUT2D eigenvalue weighted by Crippen LogP contribution is -2.36. The van der Waals surface area contributed by atoms with E-state index in [0.717, 1.165) is 36.3 Å². The highest BCUT2D eigenvalue weighted by atomic mass is 35.5. The van der Waals surface area contributed by atoms with Gasteiger partial charge >= 0.3 is 0 Å². The largest absolute Gasteiger partial charge is 0.356 e. The summed E-state index contributed by atoms with van der Waals surface area (Å²) >= 11 is 6.24. The predicted octanol–water partition coefficient (Wildman–Crippen LogP) is 4.13. The lowest BCUT2D eigenvalue weighted by Gasteiger charge is -2.35. The maximum absolute atomic E-state index is 6.24. The van der Waals surface area contributed by atoms with Crippen LogP contribution in [0.4, 0.5) is 5.82 Å². The van der Waals surface area contributed by atoms with Crippen LogP contribution in [0.2, 0.25) is 5.15 Å². The Balaban J connectivity index is 2.18. The van der Waals surface area contributed by atoms with Crippen LogP contribution in [0.25, 0.3) is 0 Å². The summed E-state index contributed by atoms with van der Waals surface area (Å²) in [7, 11) is 0. The second-order valence-electron chi connectivity index (χ2n) is 6.12. The molecule has 3 nitrogen and oxygen atoms in total. The minimum absolute atomic E-state index is 0.353. The first-order valence-corrected chi connectivity index (χ1v) is 7.63. The van der Waals surface area contributed by atoms with Gasteiger partial charge in [0.2, 0.25) is 0 Å². The number of halogens is 1. The third-order valence-corrected chi connectivity index (χ3v) is 4.47. The summed E-state index contributed by atoms with van der Waals surface area (Å²) in [5.41, 5.74) is 1.09. The van der Waals surface area contributed by atoms with Gasteiger partial charge < -0.3 is 4.90 Å². The van der Waals surface area contributed by atoms with Crippen molar-refractivity contribution in [1.29, 1.82) is 0 Å². The van der Waals surface area contributed by atoms with Crippen LogP contribution in [-0.4, -0.2) is 23.1 Å². The highest BCUT2D eigenvalue weighted by Crippen LogP contribution is 2.33. The van der Waals surface area contributed by atoms with Crippen LogP contribution < -0.4 is 4.90 Å². The minimum Gasteiger partial charge on any atom is -0.356 e. The Labute approximate surface area is 121 Å². The van der Waals surface area contributed by atoms with Gasteiger partial charge in [0, 0.05) is 18.7 Å². The molecule has 1 aromatic rings. The van der Waals surface area contributed by atoms with Gasteiger partial charge in [-0.15, -0.1) is 0 Å². The molecule has 2 rings (SSSR count). The van der Waals surface area contributed by atoms with Crippen LogP contribution in [-0.2, 0) is 0 Å². The summed E-state index contributed by atoms with van der Waals surface area (Å²) < 4.78 is 0. The van der Waals surface area contributed by atoms with Crippen LogP contribution in [0.5, 0.6) is 0 Å². The van der Waals surface area contributed by atoms with Crippen LogP contribution in [0, 0.1) is 11.8 Å². The summed E-state index contributed by atoms with van der Waals surface area (Å²) in [6.45, 7) is 11.1. The Morgan fingerprint density at radius 2 is 1.79 bits per heavy atom. The topological polar surface area (TPSA) is 29.0 Å². The average Bonchev–Trinajstić information content (AvgIpc) is 2.38. The van der Waals surface area contributed by atoms with E-state index in [1.165, 1.54) is 12.8 Å². The van der Waals surface area contributed by atoms with Crippen LogP contribution in [0.1, 0.15) is 52.0 Å². The first kappa shape index (κ1) is 14.6. The fourth-order valence-electron chi connectivity index (χ4n) is 2.89. The van der Waals surface area contributed by atoms with E-state index >= 15 is 0 Å². The van der Waals surface area contributed by atoms with Gasteiger partial charge in [-0.05, 0) is 30.6 Å². The third-order valence-electron chi connectivity index (χ3n) is 4.17. The Morgan fingerprint density at radius 1 is 1.16 bits per heavy atom. The van der Waals surface area contributed by atoms with Crippen molar-refractivity contribution >= 4 is 17.4 Å². The molecule has 0 bridgehead atoms. The number of piperidine rings is 1. The van der Waals surface area contributed by atoms with E-state index in [0.29, 0.717) is 11.1 Å². The van der Waals surface area contributed by atoms with Crippen LogP contribution >= 0.6 is 11.6 Å². The third kappa shape index (κ3) is 3.19. The lowest BCUT2D eigenvalue weighted by atomic mass is 9.86. The van der Waals surface area contributed by atoms with Crippen molar-refractivity contribution in [2.45, 2.75) is 46.5 Å². The Kier molecular flexibility index (Phi) is 4.67. The summed E-state index contributed by atoms with van der Waals surface area (Å²) in [6, 6.07) is 0. The van der Waals surface area contributed by atoms with E-state index in [4.69, 9.17) is 11.6 Å². The van der Waals surface area contributed by atoms with Gasteiger partial charge in [0.15, 0.2) is 0 Å². The molecule has 106 valence electrons. The molecule has 0 atom stereocenters. The highest BCUT2D eigenvalue weighted by Gasteiger charge is 2.25. The summed E-state index contributed by atoms with van der Waals surface area (Å²) in [6.07, 6.45) is 4.08. The standard InChI is InChI=1S/C15H24ClN3/c1-10(2)12-5-7-19(8-6-12)15-13(11(3)4)14(16)17-9-18-15/h9-12H,5-8H2,1-4H3. The molecule has 1 aromatic heterocycles. The van der Waals surface area contributed by atoms with E-state index in [2.05, 4.69) is 42.6 Å². The van der Waals surface area contributed by atoms with E-state index < -0.39 is 0 Å². The number of hydrogen-bond donors (Lipinski definition) is 0. The molecule has 0 aromatic carbocycles. The Hall–Kier alpha value is -0.830. The molecule has 0 spiro atoms. The van der Waals surface area contributed by atoms with Crippen LogP contribution in [0.15, 0.2) is 6.33 Å². The maximum atomic E-state index is 6.24. The first-order valence-electron chi connectivity index (χ1n) is 7.26. The first-order chi connectivity index (χ1) is 9.00. The summed E-state index contributed by atoms with van der Waals surface area (Å²) in [5.74, 6) is 3.01. The van der Waals surface area contributed by atoms with E-state index in [-0.39, 0.29) is 0 Å². The van der Waals surface area contributed by atoms with E-state index in [1.807, 2.05) is 0 Å². The minimum atomic E-state index is 0.353. The van der Waals surface area contributed by atoms with E-state index in [1.54, 1.807) is 6.33 Å². The van der Waals surface area contributed by atoms with E-state index in [9.17, 15) is 0 Å². The fourth-order valence-corrected chi connectivity index (χ4v) is 3.24. The second-order valence-corrected chi connectivity index (χ2v) is 6.48. The van der Waals surface area contributed by atoms with Crippen molar-refractivity contribution in [3.63, 3.8) is 0 Å². The summed E-state index contributed by atoms with van der Waals surface area (Å²) in [4.78, 5) is 11.0. The maximum Gasteiger partial charge on any atom is 0.138 e. The monoisotopic (exact) mass is 281 g/mol. The van der Waals surface area contributed by atoms with Gasteiger partial charge in [-0.1, -0.05) is 39.3 Å². The molecular formula is C15H24ClN3. The van der Waals surface area contributed by atoms with Gasteiger partial charge in [-0.3, -0.25) is 0 Å². The molecule has 19 heavy (non-hydrogen) atoms. The fraction of sp³-hybridized carbons (Fsp3) is 0.733. The molecule has 1 fully saturated rings. The normalized spacial score (nSPS) is 17.5. The van der Waals surface area contributed by atoms with Crippen molar-refractivity contribution in [2.24, 2.45) is 11.8 Å². The smallest absolute Gasteiger partial charge is 0.138 e. The zero-order valence-corrected chi connectivity index (χ0v) is 13.1. The van der Waals surface area contributed by atoms with Crippen molar-refractivity contribution < 1.29 is 0 Å². The second kappa shape index (κ2) is 6.08. The molecule has 1 aliphatic heterocycles. The molecule has 0 amide bonds. The molecule has 0 unspecified atom stereocenters. The number of rotatable bonds is 3. The van der Waals surface area contributed by atoms with Crippen molar-refractivity contribution in [2.75, 3.05) is 18.0 Å². The van der Waals surface area contributed by atoms with Gasteiger partial charge in [-0.25, -0.2) is 9.97 Å².